The van der Waals surface area contributed by atoms with Gasteiger partial charge < -0.3 is 19.3 Å². The molecule has 0 atom stereocenters. The molecule has 2 amide bonds. The van der Waals surface area contributed by atoms with Crippen LogP contribution < -0.4 is 0 Å². The molecule has 0 radical (unpaired) electrons. The van der Waals surface area contributed by atoms with E-state index < -0.39 is 0 Å². The lowest BCUT2D eigenvalue weighted by Gasteiger charge is -2.22. The van der Waals surface area contributed by atoms with E-state index in [0.717, 1.165) is 6.42 Å². The monoisotopic (exact) mass is 322 g/mol. The quantitative estimate of drug-likeness (QED) is 0.675. The zero-order valence-corrected chi connectivity index (χ0v) is 13.3. The molecular formula is C15H22N4O4. The fourth-order valence-corrected chi connectivity index (χ4v) is 2.33. The van der Waals surface area contributed by atoms with Crippen LogP contribution in [0.3, 0.4) is 0 Å². The summed E-state index contributed by atoms with van der Waals surface area (Å²) in [4.78, 5) is 35.8. The van der Waals surface area contributed by atoms with E-state index in [0.29, 0.717) is 45.1 Å². The Balaban J connectivity index is 1.82. The SMILES string of the molecule is COCCOCC(=O)N1CCCN(C(=O)c2cnccn2)CC1. The predicted octanol–water partition coefficient (Wildman–Crippen LogP) is -0.186. The lowest BCUT2D eigenvalue weighted by atomic mass is 10.3. The topological polar surface area (TPSA) is 84.9 Å². The normalized spacial score (nSPS) is 15.3. The van der Waals surface area contributed by atoms with Crippen molar-refractivity contribution in [2.45, 2.75) is 6.42 Å². The number of carbonyl (C=O) groups is 2. The molecule has 126 valence electrons. The molecule has 0 bridgehead atoms. The smallest absolute Gasteiger partial charge is 0.274 e. The second kappa shape index (κ2) is 9.16. The van der Waals surface area contributed by atoms with Crippen molar-refractivity contribution in [3.05, 3.63) is 24.3 Å². The Labute approximate surface area is 135 Å². The van der Waals surface area contributed by atoms with Gasteiger partial charge in [-0.2, -0.15) is 0 Å². The number of ether oxygens (including phenoxy) is 2. The average molecular weight is 322 g/mol. The Morgan fingerprint density at radius 1 is 1.13 bits per heavy atom. The largest absolute Gasteiger partial charge is 0.382 e. The number of aromatic nitrogens is 2. The molecule has 0 spiro atoms. The van der Waals surface area contributed by atoms with Gasteiger partial charge >= 0.3 is 0 Å². The van der Waals surface area contributed by atoms with Crippen LogP contribution in [0.4, 0.5) is 0 Å². The highest BCUT2D eigenvalue weighted by molar-refractivity contribution is 5.92. The molecule has 2 rings (SSSR count). The molecule has 1 saturated heterocycles. The van der Waals surface area contributed by atoms with Crippen molar-refractivity contribution in [1.82, 2.24) is 19.8 Å². The van der Waals surface area contributed by atoms with E-state index in [1.54, 1.807) is 16.9 Å². The van der Waals surface area contributed by atoms with Crippen LogP contribution in [0.25, 0.3) is 0 Å². The van der Waals surface area contributed by atoms with Crippen LogP contribution in [0, 0.1) is 0 Å². The van der Waals surface area contributed by atoms with Crippen LogP contribution in [-0.2, 0) is 14.3 Å². The third kappa shape index (κ3) is 5.26. The molecule has 1 aliphatic rings. The van der Waals surface area contributed by atoms with E-state index >= 15 is 0 Å². The Bertz CT molecular complexity index is 511. The van der Waals surface area contributed by atoms with E-state index in [2.05, 4.69) is 9.97 Å². The van der Waals surface area contributed by atoms with Gasteiger partial charge in [-0.3, -0.25) is 14.6 Å². The Hall–Kier alpha value is -2.06. The van der Waals surface area contributed by atoms with Gasteiger partial charge in [0, 0.05) is 45.7 Å². The van der Waals surface area contributed by atoms with Gasteiger partial charge in [0.1, 0.15) is 12.3 Å². The summed E-state index contributed by atoms with van der Waals surface area (Å²) in [6.45, 7) is 3.11. The maximum absolute atomic E-state index is 12.4. The summed E-state index contributed by atoms with van der Waals surface area (Å²) in [5.41, 5.74) is 0.329. The summed E-state index contributed by atoms with van der Waals surface area (Å²) >= 11 is 0. The van der Waals surface area contributed by atoms with Crippen LogP contribution in [-0.4, -0.2) is 84.7 Å². The first-order chi connectivity index (χ1) is 11.2. The molecule has 0 aliphatic carbocycles. The maximum Gasteiger partial charge on any atom is 0.274 e. The van der Waals surface area contributed by atoms with Crippen LogP contribution in [0.15, 0.2) is 18.6 Å². The van der Waals surface area contributed by atoms with Crippen molar-refractivity contribution in [2.24, 2.45) is 0 Å². The minimum Gasteiger partial charge on any atom is -0.382 e. The first-order valence-corrected chi connectivity index (χ1v) is 7.62. The first-order valence-electron chi connectivity index (χ1n) is 7.62. The minimum absolute atomic E-state index is 0.0431. The summed E-state index contributed by atoms with van der Waals surface area (Å²) in [5, 5.41) is 0. The van der Waals surface area contributed by atoms with Crippen LogP contribution >= 0.6 is 0 Å². The molecule has 0 N–H and O–H groups in total. The molecular weight excluding hydrogens is 300 g/mol. The van der Waals surface area contributed by atoms with Crippen molar-refractivity contribution in [3.8, 4) is 0 Å². The lowest BCUT2D eigenvalue weighted by molar-refractivity contribution is -0.136. The molecule has 8 heteroatoms. The van der Waals surface area contributed by atoms with Gasteiger partial charge in [-0.25, -0.2) is 4.98 Å². The Kier molecular flexibility index (Phi) is 6.89. The Morgan fingerprint density at radius 3 is 2.65 bits per heavy atom. The van der Waals surface area contributed by atoms with Gasteiger partial charge in [-0.05, 0) is 6.42 Å². The van der Waals surface area contributed by atoms with Crippen molar-refractivity contribution in [2.75, 3.05) is 53.1 Å². The summed E-state index contributed by atoms with van der Waals surface area (Å²) in [6.07, 6.45) is 5.22. The zero-order valence-electron chi connectivity index (χ0n) is 13.3. The molecule has 1 fully saturated rings. The van der Waals surface area contributed by atoms with E-state index in [-0.39, 0.29) is 18.4 Å². The third-order valence-electron chi connectivity index (χ3n) is 3.58. The number of amides is 2. The number of carbonyl (C=O) groups excluding carboxylic acids is 2. The molecule has 1 aliphatic heterocycles. The molecule has 0 unspecified atom stereocenters. The maximum atomic E-state index is 12.4. The minimum atomic E-state index is -0.149. The molecule has 1 aromatic heterocycles. The van der Waals surface area contributed by atoms with Gasteiger partial charge in [0.15, 0.2) is 0 Å². The standard InChI is InChI=1S/C15H22N4O4/c1-22-9-10-23-12-14(20)18-5-2-6-19(8-7-18)15(21)13-11-16-3-4-17-13/h3-4,11H,2,5-10,12H2,1H3. The highest BCUT2D eigenvalue weighted by Gasteiger charge is 2.23. The highest BCUT2D eigenvalue weighted by Crippen LogP contribution is 2.07. The third-order valence-corrected chi connectivity index (χ3v) is 3.58. The van der Waals surface area contributed by atoms with E-state index in [4.69, 9.17) is 9.47 Å². The summed E-state index contributed by atoms with van der Waals surface area (Å²) in [6, 6.07) is 0. The lowest BCUT2D eigenvalue weighted by Crippen LogP contribution is -2.39. The highest BCUT2D eigenvalue weighted by atomic mass is 16.5. The molecule has 8 nitrogen and oxygen atoms in total. The first kappa shape index (κ1) is 17.3. The van der Waals surface area contributed by atoms with Gasteiger partial charge in [0.25, 0.3) is 5.91 Å². The van der Waals surface area contributed by atoms with Crippen molar-refractivity contribution in [3.63, 3.8) is 0 Å². The molecule has 0 aromatic carbocycles. The van der Waals surface area contributed by atoms with Crippen LogP contribution in [0.5, 0.6) is 0 Å². The van der Waals surface area contributed by atoms with E-state index in [1.165, 1.54) is 18.6 Å². The van der Waals surface area contributed by atoms with Crippen molar-refractivity contribution < 1.29 is 19.1 Å². The van der Waals surface area contributed by atoms with Crippen molar-refractivity contribution in [1.29, 1.82) is 0 Å². The van der Waals surface area contributed by atoms with Gasteiger partial charge in [0.2, 0.25) is 5.91 Å². The van der Waals surface area contributed by atoms with E-state index in [1.807, 2.05) is 0 Å². The number of hydrogen-bond acceptors (Lipinski definition) is 6. The number of nitrogens with zero attached hydrogens (tertiary/aromatic N) is 4. The van der Waals surface area contributed by atoms with Crippen molar-refractivity contribution >= 4 is 11.8 Å². The fraction of sp³-hybridized carbons (Fsp3) is 0.600. The zero-order chi connectivity index (χ0) is 16.5. The molecule has 0 saturated carbocycles. The van der Waals surface area contributed by atoms with Gasteiger partial charge in [-0.1, -0.05) is 0 Å². The molecule has 23 heavy (non-hydrogen) atoms. The average Bonchev–Trinajstić information content (AvgIpc) is 2.85. The number of hydrogen-bond donors (Lipinski definition) is 0. The van der Waals surface area contributed by atoms with Gasteiger partial charge in [0.05, 0.1) is 19.4 Å². The molecule has 2 heterocycles. The second-order valence-corrected chi connectivity index (χ2v) is 5.16. The number of rotatable bonds is 6. The number of methoxy groups -OCH3 is 1. The van der Waals surface area contributed by atoms with E-state index in [9.17, 15) is 9.59 Å². The summed E-state index contributed by atoms with van der Waals surface area (Å²) in [7, 11) is 1.59. The summed E-state index contributed by atoms with van der Waals surface area (Å²) in [5.74, 6) is -0.210. The fourth-order valence-electron chi connectivity index (χ4n) is 2.33. The predicted molar refractivity (Wildman–Crippen MR) is 81.8 cm³/mol. The Morgan fingerprint density at radius 2 is 1.91 bits per heavy atom. The van der Waals surface area contributed by atoms with Crippen LogP contribution in [0.2, 0.25) is 0 Å². The summed E-state index contributed by atoms with van der Waals surface area (Å²) < 4.78 is 10.1. The van der Waals surface area contributed by atoms with Crippen LogP contribution in [0.1, 0.15) is 16.9 Å². The van der Waals surface area contributed by atoms with Gasteiger partial charge in [-0.15, -0.1) is 0 Å². The second-order valence-electron chi connectivity index (χ2n) is 5.16. The molecule has 1 aromatic rings.